The number of hydrogen-bond donors (Lipinski definition) is 2. The molecule has 70 valence electrons. The standard InChI is InChI=1S/C6H10O4S2/c7-5(8)3-11-1-2-12-4-6(9)10/h1-4H2,(H,7,8)(H,9,10). The molecular formula is C6H10O4S2. The molecule has 0 heterocycles. The smallest absolute Gasteiger partial charge is 0.313 e. The molecule has 6 heteroatoms. The average molecular weight is 210 g/mol. The molecular weight excluding hydrogens is 200 g/mol. The topological polar surface area (TPSA) is 74.6 Å². The van der Waals surface area contributed by atoms with Gasteiger partial charge in [0.25, 0.3) is 0 Å². The molecule has 0 aliphatic rings. The number of thioether (sulfide) groups is 2. The third-order valence-electron chi connectivity index (χ3n) is 0.823. The summed E-state index contributed by atoms with van der Waals surface area (Å²) in [6.07, 6.45) is 0. The SMILES string of the molecule is O=C(O)CSCCSCC(=O)O. The van der Waals surface area contributed by atoms with Crippen LogP contribution in [0.5, 0.6) is 0 Å². The maximum Gasteiger partial charge on any atom is 0.313 e. The molecule has 0 aromatic heterocycles. The molecule has 0 saturated carbocycles. The maximum atomic E-state index is 10.0. The van der Waals surface area contributed by atoms with E-state index in [0.717, 1.165) is 0 Å². The van der Waals surface area contributed by atoms with E-state index in [1.54, 1.807) is 0 Å². The summed E-state index contributed by atoms with van der Waals surface area (Å²) in [5.41, 5.74) is 0. The van der Waals surface area contributed by atoms with Gasteiger partial charge in [0.05, 0.1) is 11.5 Å². The third-order valence-corrected chi connectivity index (χ3v) is 2.97. The molecule has 0 rings (SSSR count). The number of carboxylic acids is 2. The molecule has 12 heavy (non-hydrogen) atoms. The first kappa shape index (κ1) is 11.6. The lowest BCUT2D eigenvalue weighted by molar-refractivity contribution is -0.134. The first-order valence-corrected chi connectivity index (χ1v) is 5.53. The fourth-order valence-electron chi connectivity index (χ4n) is 0.437. The minimum atomic E-state index is -0.830. The second-order valence-electron chi connectivity index (χ2n) is 1.89. The molecule has 0 aromatic rings. The molecule has 0 saturated heterocycles. The number of rotatable bonds is 7. The Bertz CT molecular complexity index is 142. The Morgan fingerprint density at radius 2 is 1.25 bits per heavy atom. The van der Waals surface area contributed by atoms with Crippen LogP contribution in [0.3, 0.4) is 0 Å². The Kier molecular flexibility index (Phi) is 7.08. The van der Waals surface area contributed by atoms with E-state index >= 15 is 0 Å². The van der Waals surface area contributed by atoms with Crippen molar-refractivity contribution in [3.8, 4) is 0 Å². The largest absolute Gasteiger partial charge is 0.481 e. The van der Waals surface area contributed by atoms with Gasteiger partial charge < -0.3 is 10.2 Å². The summed E-state index contributed by atoms with van der Waals surface area (Å²) in [5, 5.41) is 16.5. The predicted molar refractivity (Wildman–Crippen MR) is 49.9 cm³/mol. The van der Waals surface area contributed by atoms with Crippen LogP contribution in [-0.4, -0.2) is 45.2 Å². The summed E-state index contributed by atoms with van der Waals surface area (Å²) in [5.74, 6) is -0.109. The Morgan fingerprint density at radius 3 is 1.50 bits per heavy atom. The fourth-order valence-corrected chi connectivity index (χ4v) is 2.02. The molecule has 0 amide bonds. The molecule has 0 aromatic carbocycles. The first-order chi connectivity index (χ1) is 5.63. The summed E-state index contributed by atoms with van der Waals surface area (Å²) in [6.45, 7) is 0. The van der Waals surface area contributed by atoms with Gasteiger partial charge in [-0.25, -0.2) is 0 Å². The lowest BCUT2D eigenvalue weighted by Gasteiger charge is -1.96. The second kappa shape index (κ2) is 7.30. The van der Waals surface area contributed by atoms with E-state index in [2.05, 4.69) is 0 Å². The number of aliphatic carboxylic acids is 2. The molecule has 2 N–H and O–H groups in total. The molecule has 0 radical (unpaired) electrons. The Morgan fingerprint density at radius 1 is 0.917 bits per heavy atom. The molecule has 0 bridgehead atoms. The van der Waals surface area contributed by atoms with Crippen molar-refractivity contribution in [1.82, 2.24) is 0 Å². The lowest BCUT2D eigenvalue weighted by atomic mass is 10.8. The Balaban J connectivity index is 3.01. The van der Waals surface area contributed by atoms with Crippen molar-refractivity contribution in [3.05, 3.63) is 0 Å². The van der Waals surface area contributed by atoms with Crippen LogP contribution in [0.15, 0.2) is 0 Å². The van der Waals surface area contributed by atoms with Gasteiger partial charge in [-0.05, 0) is 0 Å². The van der Waals surface area contributed by atoms with Crippen LogP contribution in [0.4, 0.5) is 0 Å². The molecule has 0 fully saturated rings. The van der Waals surface area contributed by atoms with E-state index in [1.165, 1.54) is 23.5 Å². The van der Waals surface area contributed by atoms with Gasteiger partial charge >= 0.3 is 11.9 Å². The molecule has 0 unspecified atom stereocenters. The van der Waals surface area contributed by atoms with Crippen molar-refractivity contribution in [1.29, 1.82) is 0 Å². The van der Waals surface area contributed by atoms with Crippen molar-refractivity contribution in [2.24, 2.45) is 0 Å². The Labute approximate surface area is 78.7 Å². The molecule has 0 spiro atoms. The van der Waals surface area contributed by atoms with Gasteiger partial charge in [0.1, 0.15) is 0 Å². The maximum absolute atomic E-state index is 10.0. The molecule has 0 aliphatic heterocycles. The zero-order valence-corrected chi connectivity index (χ0v) is 7.99. The number of carbonyl (C=O) groups is 2. The molecule has 0 aliphatic carbocycles. The lowest BCUT2D eigenvalue weighted by Crippen LogP contribution is -2.02. The van der Waals surface area contributed by atoms with Gasteiger partial charge in [-0.1, -0.05) is 0 Å². The van der Waals surface area contributed by atoms with E-state index in [-0.39, 0.29) is 11.5 Å². The van der Waals surface area contributed by atoms with E-state index in [4.69, 9.17) is 10.2 Å². The van der Waals surface area contributed by atoms with Gasteiger partial charge in [-0.2, -0.15) is 0 Å². The van der Waals surface area contributed by atoms with Gasteiger partial charge in [-0.15, -0.1) is 23.5 Å². The average Bonchev–Trinajstić information content (AvgIpc) is 1.95. The van der Waals surface area contributed by atoms with Crippen molar-refractivity contribution in [3.63, 3.8) is 0 Å². The van der Waals surface area contributed by atoms with Crippen LogP contribution in [0, 0.1) is 0 Å². The van der Waals surface area contributed by atoms with Gasteiger partial charge in [0.2, 0.25) is 0 Å². The summed E-state index contributed by atoms with van der Waals surface area (Å²) in [7, 11) is 0. The Hall–Kier alpha value is -0.360. The minimum absolute atomic E-state index is 0.0909. The summed E-state index contributed by atoms with van der Waals surface area (Å²) < 4.78 is 0. The zero-order valence-electron chi connectivity index (χ0n) is 6.36. The highest BCUT2D eigenvalue weighted by Gasteiger charge is 1.98. The van der Waals surface area contributed by atoms with Crippen molar-refractivity contribution in [2.45, 2.75) is 0 Å². The van der Waals surface area contributed by atoms with Crippen LogP contribution in [-0.2, 0) is 9.59 Å². The van der Waals surface area contributed by atoms with Crippen molar-refractivity contribution >= 4 is 35.5 Å². The highest BCUT2D eigenvalue weighted by atomic mass is 32.2. The van der Waals surface area contributed by atoms with E-state index in [9.17, 15) is 9.59 Å². The van der Waals surface area contributed by atoms with E-state index in [0.29, 0.717) is 11.5 Å². The van der Waals surface area contributed by atoms with E-state index in [1.807, 2.05) is 0 Å². The van der Waals surface area contributed by atoms with Gasteiger partial charge in [-0.3, -0.25) is 9.59 Å². The number of hydrogen-bond acceptors (Lipinski definition) is 4. The second-order valence-corrected chi connectivity index (χ2v) is 4.10. The van der Waals surface area contributed by atoms with E-state index < -0.39 is 11.9 Å². The zero-order chi connectivity index (χ0) is 9.40. The first-order valence-electron chi connectivity index (χ1n) is 3.22. The third kappa shape index (κ3) is 9.64. The van der Waals surface area contributed by atoms with Crippen LogP contribution in [0.25, 0.3) is 0 Å². The van der Waals surface area contributed by atoms with Crippen molar-refractivity contribution in [2.75, 3.05) is 23.0 Å². The highest BCUT2D eigenvalue weighted by Crippen LogP contribution is 2.06. The van der Waals surface area contributed by atoms with Crippen LogP contribution < -0.4 is 0 Å². The highest BCUT2D eigenvalue weighted by molar-refractivity contribution is 8.03. The molecule has 0 atom stereocenters. The quantitative estimate of drug-likeness (QED) is 0.600. The summed E-state index contributed by atoms with van der Waals surface area (Å²) in [4.78, 5) is 20.0. The summed E-state index contributed by atoms with van der Waals surface area (Å²) in [6, 6.07) is 0. The van der Waals surface area contributed by atoms with Crippen LogP contribution in [0.1, 0.15) is 0 Å². The summed E-state index contributed by atoms with van der Waals surface area (Å²) >= 11 is 2.60. The van der Waals surface area contributed by atoms with Gasteiger partial charge in [0.15, 0.2) is 0 Å². The monoisotopic (exact) mass is 210 g/mol. The molecule has 4 nitrogen and oxygen atoms in total. The van der Waals surface area contributed by atoms with Crippen LogP contribution >= 0.6 is 23.5 Å². The minimum Gasteiger partial charge on any atom is -0.481 e. The predicted octanol–water partition coefficient (Wildman–Crippen LogP) is 0.622. The van der Waals surface area contributed by atoms with Crippen molar-refractivity contribution < 1.29 is 19.8 Å². The fraction of sp³-hybridized carbons (Fsp3) is 0.667. The normalized spacial score (nSPS) is 9.67. The van der Waals surface area contributed by atoms with Crippen LogP contribution in [0.2, 0.25) is 0 Å². The van der Waals surface area contributed by atoms with Gasteiger partial charge in [0, 0.05) is 11.5 Å². The number of carboxylic acid groups (broad SMARTS) is 2.